The summed E-state index contributed by atoms with van der Waals surface area (Å²) in [4.78, 5) is 0. The second-order valence-electron chi connectivity index (χ2n) is 19.7. The third-order valence-electron chi connectivity index (χ3n) is 15.2. The summed E-state index contributed by atoms with van der Waals surface area (Å²) < 4.78 is 5.04. The van der Waals surface area contributed by atoms with Crippen LogP contribution in [0.2, 0.25) is 0 Å². The number of hydrogen-bond acceptors (Lipinski definition) is 1. The average Bonchev–Trinajstić information content (AvgIpc) is 4.05. The summed E-state index contributed by atoms with van der Waals surface area (Å²) in [6.45, 7) is 4.72. The van der Waals surface area contributed by atoms with E-state index >= 15 is 0 Å². The van der Waals surface area contributed by atoms with Gasteiger partial charge in [0.15, 0.2) is 0 Å². The van der Waals surface area contributed by atoms with Crippen LogP contribution in [-0.4, -0.2) is 4.57 Å². The van der Waals surface area contributed by atoms with E-state index in [1.807, 2.05) is 11.3 Å². The molecule has 0 unspecified atom stereocenters. The molecule has 0 fully saturated rings. The van der Waals surface area contributed by atoms with E-state index in [1.165, 1.54) is 131 Å². The quantitative estimate of drug-likeness (QED) is 0.150. The Morgan fingerprint density at radius 3 is 1.44 bits per heavy atom. The molecule has 0 atom stereocenters. The van der Waals surface area contributed by atoms with Gasteiger partial charge in [0.1, 0.15) is 0 Å². The average molecular weight is 922 g/mol. The molecular formula is C69H47NS. The number of benzene rings is 11. The molecule has 1 nitrogen and oxygen atoms in total. The second-order valence-corrected chi connectivity index (χ2v) is 20.7. The Morgan fingerprint density at radius 2 is 0.761 bits per heavy atom. The maximum Gasteiger partial charge on any atom is 0.0541 e. The van der Waals surface area contributed by atoms with Crippen LogP contribution in [0.5, 0.6) is 0 Å². The molecule has 14 rings (SSSR count). The zero-order chi connectivity index (χ0) is 47.2. The molecule has 1 aliphatic carbocycles. The summed E-state index contributed by atoms with van der Waals surface area (Å²) >= 11 is 1.89. The standard InChI is InChI=1S/C69H47NS/c1-69(2)63-24-13-12-21-57(63)58-33-29-51(43-64(58)69)45-25-27-46(28-26-45)52-37-53(39-54(38-52)50-32-36-67-62(42-50)59-23-14-22-56(68(59)71-67)47-17-8-4-9-18-47)49-31-35-66-61(41-49)60-40-48(44-15-6-3-7-16-44)30-34-65(60)70(66)55-19-10-5-11-20-55/h3-43H,1-2H3. The zero-order valence-corrected chi connectivity index (χ0v) is 40.3. The van der Waals surface area contributed by atoms with E-state index in [0.29, 0.717) is 0 Å². The maximum absolute atomic E-state index is 2.42. The predicted octanol–water partition coefficient (Wildman–Crippen LogP) is 19.5. The Kier molecular flexibility index (Phi) is 9.49. The minimum absolute atomic E-state index is 0.0507. The smallest absolute Gasteiger partial charge is 0.0541 e. The van der Waals surface area contributed by atoms with Gasteiger partial charge in [-0.05, 0) is 162 Å². The highest BCUT2D eigenvalue weighted by Crippen LogP contribution is 2.50. The van der Waals surface area contributed by atoms with Crippen molar-refractivity contribution in [3.63, 3.8) is 0 Å². The number of hydrogen-bond donors (Lipinski definition) is 0. The van der Waals surface area contributed by atoms with Crippen LogP contribution in [0.15, 0.2) is 249 Å². The van der Waals surface area contributed by atoms with Crippen molar-refractivity contribution in [3.8, 4) is 83.6 Å². The molecule has 0 spiro atoms. The van der Waals surface area contributed by atoms with E-state index < -0.39 is 0 Å². The second kappa shape index (κ2) is 16.3. The van der Waals surface area contributed by atoms with Gasteiger partial charge in [0.05, 0.1) is 11.0 Å². The lowest BCUT2D eigenvalue weighted by Gasteiger charge is -2.22. The molecule has 0 aliphatic heterocycles. The molecule has 0 bridgehead atoms. The number of aromatic nitrogens is 1. The number of nitrogens with zero attached hydrogens (tertiary/aromatic N) is 1. The molecule has 0 radical (unpaired) electrons. The fourth-order valence-corrected chi connectivity index (χ4v) is 12.8. The van der Waals surface area contributed by atoms with E-state index in [1.54, 1.807) is 0 Å². The topological polar surface area (TPSA) is 4.93 Å². The van der Waals surface area contributed by atoms with E-state index in [0.717, 1.165) is 5.69 Å². The van der Waals surface area contributed by atoms with Crippen molar-refractivity contribution in [2.24, 2.45) is 0 Å². The molecule has 0 saturated carbocycles. The third kappa shape index (κ3) is 6.82. The Labute approximate surface area is 418 Å². The minimum atomic E-state index is -0.0507. The molecule has 0 saturated heterocycles. The third-order valence-corrected chi connectivity index (χ3v) is 16.4. The van der Waals surface area contributed by atoms with Crippen LogP contribution in [0.25, 0.3) is 126 Å². The highest BCUT2D eigenvalue weighted by atomic mass is 32.1. The van der Waals surface area contributed by atoms with Crippen LogP contribution in [0.1, 0.15) is 25.0 Å². The Hall–Kier alpha value is -8.56. The summed E-state index contributed by atoms with van der Waals surface area (Å²) in [5.74, 6) is 0. The Morgan fingerprint density at radius 1 is 0.296 bits per heavy atom. The van der Waals surface area contributed by atoms with E-state index in [4.69, 9.17) is 0 Å². The molecule has 13 aromatic rings. The number of thiophene rings is 1. The van der Waals surface area contributed by atoms with Crippen molar-refractivity contribution >= 4 is 53.3 Å². The monoisotopic (exact) mass is 921 g/mol. The molecule has 2 heterocycles. The van der Waals surface area contributed by atoms with Crippen LogP contribution < -0.4 is 0 Å². The van der Waals surface area contributed by atoms with Gasteiger partial charge in [-0.25, -0.2) is 0 Å². The lowest BCUT2D eigenvalue weighted by Crippen LogP contribution is -2.14. The van der Waals surface area contributed by atoms with E-state index in [9.17, 15) is 0 Å². The van der Waals surface area contributed by atoms with Gasteiger partial charge in [0.25, 0.3) is 0 Å². The Balaban J connectivity index is 0.928. The predicted molar refractivity (Wildman–Crippen MR) is 304 cm³/mol. The van der Waals surface area contributed by atoms with Crippen molar-refractivity contribution < 1.29 is 0 Å². The molecule has 0 N–H and O–H groups in total. The number of para-hydroxylation sites is 1. The molecule has 11 aromatic carbocycles. The first-order valence-electron chi connectivity index (χ1n) is 24.6. The van der Waals surface area contributed by atoms with Gasteiger partial charge in [0, 0.05) is 42.0 Å². The fraction of sp³-hybridized carbons (Fsp3) is 0.0435. The van der Waals surface area contributed by atoms with Crippen LogP contribution in [0, 0.1) is 0 Å². The van der Waals surface area contributed by atoms with Gasteiger partial charge in [-0.15, -0.1) is 11.3 Å². The molecule has 334 valence electrons. The van der Waals surface area contributed by atoms with Gasteiger partial charge < -0.3 is 4.57 Å². The van der Waals surface area contributed by atoms with Gasteiger partial charge in [-0.1, -0.05) is 190 Å². The lowest BCUT2D eigenvalue weighted by atomic mass is 9.81. The summed E-state index contributed by atoms with van der Waals surface area (Å²) in [5.41, 5.74) is 23.6. The summed E-state index contributed by atoms with van der Waals surface area (Å²) in [6, 6.07) is 92.5. The first kappa shape index (κ1) is 41.4. The van der Waals surface area contributed by atoms with Crippen LogP contribution >= 0.6 is 11.3 Å². The normalized spacial score (nSPS) is 12.8. The molecular weight excluding hydrogens is 875 g/mol. The van der Waals surface area contributed by atoms with Gasteiger partial charge >= 0.3 is 0 Å². The molecule has 71 heavy (non-hydrogen) atoms. The van der Waals surface area contributed by atoms with Crippen LogP contribution in [0.3, 0.4) is 0 Å². The SMILES string of the molecule is CC1(C)c2ccccc2-c2ccc(-c3ccc(-c4cc(-c5ccc6sc7c(-c8ccccc8)cccc7c6c5)cc(-c5ccc6c(c5)c5cc(-c7ccccc7)ccc5n6-c5ccccc5)c4)cc3)cc21. The van der Waals surface area contributed by atoms with E-state index in [2.05, 4.69) is 267 Å². The molecule has 2 heteroatoms. The molecule has 0 amide bonds. The first-order valence-corrected chi connectivity index (χ1v) is 25.5. The van der Waals surface area contributed by atoms with Gasteiger partial charge in [-0.3, -0.25) is 0 Å². The van der Waals surface area contributed by atoms with Crippen molar-refractivity contribution in [1.82, 2.24) is 4.57 Å². The van der Waals surface area contributed by atoms with Crippen molar-refractivity contribution in [3.05, 3.63) is 260 Å². The molecule has 2 aromatic heterocycles. The van der Waals surface area contributed by atoms with Crippen molar-refractivity contribution in [2.45, 2.75) is 19.3 Å². The molecule has 1 aliphatic rings. The lowest BCUT2D eigenvalue weighted by molar-refractivity contribution is 0.660. The van der Waals surface area contributed by atoms with Gasteiger partial charge in [-0.2, -0.15) is 0 Å². The van der Waals surface area contributed by atoms with Crippen LogP contribution in [0.4, 0.5) is 0 Å². The zero-order valence-electron chi connectivity index (χ0n) is 39.5. The largest absolute Gasteiger partial charge is 0.309 e. The fourth-order valence-electron chi connectivity index (χ4n) is 11.6. The highest BCUT2D eigenvalue weighted by Gasteiger charge is 2.35. The summed E-state index contributed by atoms with van der Waals surface area (Å²) in [7, 11) is 0. The first-order chi connectivity index (χ1) is 34.9. The van der Waals surface area contributed by atoms with Gasteiger partial charge in [0.2, 0.25) is 0 Å². The maximum atomic E-state index is 2.42. The minimum Gasteiger partial charge on any atom is -0.309 e. The van der Waals surface area contributed by atoms with E-state index in [-0.39, 0.29) is 5.41 Å². The number of fused-ring (bicyclic) bond motifs is 9. The van der Waals surface area contributed by atoms with Crippen LogP contribution in [-0.2, 0) is 5.41 Å². The van der Waals surface area contributed by atoms with Crippen molar-refractivity contribution in [1.29, 1.82) is 0 Å². The summed E-state index contributed by atoms with van der Waals surface area (Å²) in [6.07, 6.45) is 0. The van der Waals surface area contributed by atoms with Crippen molar-refractivity contribution in [2.75, 3.05) is 0 Å². The summed E-state index contributed by atoms with van der Waals surface area (Å²) in [5, 5.41) is 5.06. The highest BCUT2D eigenvalue weighted by molar-refractivity contribution is 7.26. The number of rotatable bonds is 7. The Bertz CT molecular complexity index is 4210.